The van der Waals surface area contributed by atoms with E-state index in [0.717, 1.165) is 6.92 Å². The molecule has 0 saturated heterocycles. The van der Waals surface area contributed by atoms with E-state index in [1.165, 1.54) is 0 Å². The Kier molecular flexibility index (Phi) is 4.37. The Morgan fingerprint density at radius 2 is 1.72 bits per heavy atom. The number of carbonyl (C=O) groups is 3. The van der Waals surface area contributed by atoms with Crippen LogP contribution in [0.2, 0.25) is 0 Å². The van der Waals surface area contributed by atoms with E-state index in [0.29, 0.717) is 5.56 Å². The first-order valence-corrected chi connectivity index (χ1v) is 5.76. The van der Waals surface area contributed by atoms with Crippen LogP contribution in [0, 0.1) is 5.41 Å². The maximum absolute atomic E-state index is 11.9. The van der Waals surface area contributed by atoms with Crippen LogP contribution in [0.15, 0.2) is 30.3 Å². The van der Waals surface area contributed by atoms with E-state index >= 15 is 0 Å². The van der Waals surface area contributed by atoms with E-state index in [-0.39, 0.29) is 12.8 Å². The second kappa shape index (κ2) is 5.58. The molecule has 18 heavy (non-hydrogen) atoms. The predicted molar refractivity (Wildman–Crippen MR) is 66.2 cm³/mol. The fourth-order valence-electron chi connectivity index (χ4n) is 1.97. The maximum atomic E-state index is 11.9. The summed E-state index contributed by atoms with van der Waals surface area (Å²) in [5, 5.41) is 9.32. The van der Waals surface area contributed by atoms with Crippen LogP contribution in [-0.4, -0.2) is 22.6 Å². The van der Waals surface area contributed by atoms with Crippen LogP contribution in [0.1, 0.15) is 25.8 Å². The summed E-state index contributed by atoms with van der Waals surface area (Å²) < 4.78 is 0. The minimum absolute atomic E-state index is 0.0265. The Labute approximate surface area is 106 Å². The fourth-order valence-corrected chi connectivity index (χ4v) is 1.97. The fraction of sp³-hybridized carbons (Fsp3) is 0.357. The number of ketones is 2. The predicted octanol–water partition coefficient (Wildman–Crippen LogP) is 1.87. The van der Waals surface area contributed by atoms with E-state index in [4.69, 9.17) is 0 Å². The number of Topliss-reactive ketones (excluding diaryl/α,β-unsaturated/α-hetero) is 2. The molecule has 0 bridgehead atoms. The molecule has 1 unspecified atom stereocenters. The van der Waals surface area contributed by atoms with Gasteiger partial charge in [-0.1, -0.05) is 37.3 Å². The Hall–Kier alpha value is -1.97. The molecule has 0 radical (unpaired) electrons. The summed E-state index contributed by atoms with van der Waals surface area (Å²) in [7, 11) is 0. The van der Waals surface area contributed by atoms with E-state index in [1.54, 1.807) is 37.3 Å². The zero-order valence-electron chi connectivity index (χ0n) is 10.5. The molecule has 1 aromatic carbocycles. The van der Waals surface area contributed by atoms with Crippen molar-refractivity contribution < 1.29 is 19.5 Å². The van der Waals surface area contributed by atoms with Gasteiger partial charge in [-0.25, -0.2) is 0 Å². The average Bonchev–Trinajstić information content (AvgIpc) is 2.35. The number of hydrogen-bond acceptors (Lipinski definition) is 3. The minimum Gasteiger partial charge on any atom is -0.480 e. The third kappa shape index (κ3) is 2.47. The molecule has 0 aromatic heterocycles. The van der Waals surface area contributed by atoms with Crippen molar-refractivity contribution in [2.75, 3.05) is 0 Å². The van der Waals surface area contributed by atoms with Crippen LogP contribution in [-0.2, 0) is 20.8 Å². The van der Waals surface area contributed by atoms with E-state index in [2.05, 4.69) is 0 Å². The van der Waals surface area contributed by atoms with E-state index < -0.39 is 23.0 Å². The molecular formula is C14H16O4. The number of aliphatic carboxylic acids is 1. The van der Waals surface area contributed by atoms with Gasteiger partial charge in [0.15, 0.2) is 17.0 Å². The van der Waals surface area contributed by atoms with Crippen molar-refractivity contribution in [1.82, 2.24) is 0 Å². The van der Waals surface area contributed by atoms with Crippen molar-refractivity contribution in [3.63, 3.8) is 0 Å². The number of rotatable bonds is 6. The molecule has 0 heterocycles. The highest BCUT2D eigenvalue weighted by atomic mass is 16.4. The van der Waals surface area contributed by atoms with Crippen molar-refractivity contribution in [2.24, 2.45) is 5.41 Å². The molecule has 0 saturated carbocycles. The van der Waals surface area contributed by atoms with Gasteiger partial charge >= 0.3 is 5.97 Å². The highest BCUT2D eigenvalue weighted by molar-refractivity contribution is 6.21. The second-order valence-corrected chi connectivity index (χ2v) is 4.21. The van der Waals surface area contributed by atoms with Crippen molar-refractivity contribution in [1.29, 1.82) is 0 Å². The lowest BCUT2D eigenvalue weighted by Crippen LogP contribution is -2.47. The molecule has 0 aliphatic heterocycles. The van der Waals surface area contributed by atoms with Crippen LogP contribution in [0.5, 0.6) is 0 Å². The molecular weight excluding hydrogens is 232 g/mol. The molecule has 0 aliphatic carbocycles. The van der Waals surface area contributed by atoms with Gasteiger partial charge in [0.05, 0.1) is 0 Å². The largest absolute Gasteiger partial charge is 0.480 e. The molecule has 4 nitrogen and oxygen atoms in total. The number of hydrogen-bond donors (Lipinski definition) is 1. The van der Waals surface area contributed by atoms with Gasteiger partial charge in [-0.15, -0.1) is 0 Å². The highest BCUT2D eigenvalue weighted by Gasteiger charge is 2.49. The summed E-state index contributed by atoms with van der Waals surface area (Å²) in [5.41, 5.74) is -1.28. The van der Waals surface area contributed by atoms with Gasteiger partial charge in [-0.3, -0.25) is 14.4 Å². The third-order valence-corrected chi connectivity index (χ3v) is 3.08. The van der Waals surface area contributed by atoms with Gasteiger partial charge in [0.25, 0.3) is 0 Å². The number of benzene rings is 1. The summed E-state index contributed by atoms with van der Waals surface area (Å²) in [5.74, 6) is -2.54. The monoisotopic (exact) mass is 248 g/mol. The molecule has 1 rings (SSSR count). The van der Waals surface area contributed by atoms with Gasteiger partial charge in [0, 0.05) is 12.8 Å². The molecule has 4 heteroatoms. The Bertz CT molecular complexity index is 448. The number of carboxylic acids is 1. The van der Waals surface area contributed by atoms with Crippen LogP contribution >= 0.6 is 0 Å². The van der Waals surface area contributed by atoms with Crippen LogP contribution in [0.25, 0.3) is 0 Å². The zero-order valence-corrected chi connectivity index (χ0v) is 10.5. The molecule has 0 fully saturated rings. The van der Waals surface area contributed by atoms with Gasteiger partial charge in [0.2, 0.25) is 0 Å². The van der Waals surface area contributed by atoms with Gasteiger partial charge < -0.3 is 5.11 Å². The van der Waals surface area contributed by atoms with Gasteiger partial charge in [-0.05, 0) is 12.5 Å². The van der Waals surface area contributed by atoms with Crippen molar-refractivity contribution in [3.05, 3.63) is 35.9 Å². The topological polar surface area (TPSA) is 71.4 Å². The van der Waals surface area contributed by atoms with Crippen LogP contribution in [0.3, 0.4) is 0 Å². The van der Waals surface area contributed by atoms with E-state index in [9.17, 15) is 19.5 Å². The first-order chi connectivity index (χ1) is 8.45. The smallest absolute Gasteiger partial charge is 0.325 e. The molecule has 0 aliphatic rings. The average molecular weight is 248 g/mol. The SMILES string of the molecule is CCC(=O)C(Cc1ccccc1)(C(C)=O)C(=O)O. The highest BCUT2D eigenvalue weighted by Crippen LogP contribution is 2.28. The first kappa shape index (κ1) is 14.1. The first-order valence-electron chi connectivity index (χ1n) is 5.76. The zero-order chi connectivity index (χ0) is 13.8. The normalized spacial score (nSPS) is 13.7. The van der Waals surface area contributed by atoms with Crippen molar-refractivity contribution >= 4 is 17.5 Å². The summed E-state index contributed by atoms with van der Waals surface area (Å²) in [6.45, 7) is 2.72. The van der Waals surface area contributed by atoms with Crippen LogP contribution in [0.4, 0.5) is 0 Å². The summed E-state index contributed by atoms with van der Waals surface area (Å²) >= 11 is 0. The molecule has 1 aromatic rings. The minimum atomic E-state index is -1.95. The lowest BCUT2D eigenvalue weighted by molar-refractivity contribution is -0.159. The van der Waals surface area contributed by atoms with Crippen molar-refractivity contribution in [2.45, 2.75) is 26.7 Å². The number of carbonyl (C=O) groups excluding carboxylic acids is 2. The Balaban J connectivity index is 3.24. The molecule has 1 N–H and O–H groups in total. The molecule has 0 amide bonds. The molecule has 0 spiro atoms. The van der Waals surface area contributed by atoms with E-state index in [1.807, 2.05) is 0 Å². The maximum Gasteiger partial charge on any atom is 0.325 e. The lowest BCUT2D eigenvalue weighted by Gasteiger charge is -2.24. The van der Waals surface area contributed by atoms with Gasteiger partial charge in [-0.2, -0.15) is 0 Å². The summed E-state index contributed by atoms with van der Waals surface area (Å²) in [6.07, 6.45) is -0.0656. The number of carboxylic acid groups (broad SMARTS) is 1. The summed E-state index contributed by atoms with van der Waals surface area (Å²) in [4.78, 5) is 35.1. The van der Waals surface area contributed by atoms with Crippen LogP contribution < -0.4 is 0 Å². The quantitative estimate of drug-likeness (QED) is 0.780. The standard InChI is InChI=1S/C14H16O4/c1-3-12(16)14(10(2)15,13(17)18)9-11-7-5-4-6-8-11/h4-8H,3,9H2,1-2H3,(H,17,18). The molecule has 96 valence electrons. The Morgan fingerprint density at radius 3 is 2.11 bits per heavy atom. The summed E-state index contributed by atoms with van der Waals surface area (Å²) in [6, 6.07) is 8.71. The second-order valence-electron chi connectivity index (χ2n) is 4.21. The lowest BCUT2D eigenvalue weighted by atomic mass is 9.74. The van der Waals surface area contributed by atoms with Gasteiger partial charge in [0.1, 0.15) is 0 Å². The third-order valence-electron chi connectivity index (χ3n) is 3.08. The molecule has 1 atom stereocenters. The van der Waals surface area contributed by atoms with Crippen molar-refractivity contribution in [3.8, 4) is 0 Å². The Morgan fingerprint density at radius 1 is 1.17 bits per heavy atom.